The Morgan fingerprint density at radius 3 is 2.53 bits per heavy atom. The zero-order chi connectivity index (χ0) is 21.7. The van der Waals surface area contributed by atoms with E-state index in [1.807, 2.05) is 30.3 Å². The van der Waals surface area contributed by atoms with Gasteiger partial charge in [0.2, 0.25) is 0 Å². The molecule has 4 nitrogen and oxygen atoms in total. The summed E-state index contributed by atoms with van der Waals surface area (Å²) in [7, 11) is -0.301. The molecule has 5 rings (SSSR count). The molecule has 5 heteroatoms. The molecule has 0 unspecified atom stereocenters. The molecule has 0 spiro atoms. The first kappa shape index (κ1) is 22.0. The molecular weight excluding hydrogens is 373 g/mol. The van der Waals surface area contributed by atoms with E-state index in [0.29, 0.717) is 30.1 Å². The van der Waals surface area contributed by atoms with Crippen molar-refractivity contribution in [2.24, 2.45) is 28.9 Å². The number of carbonyl (C=O) groups is 1. The molecule has 4 aliphatic rings. The van der Waals surface area contributed by atoms with E-state index < -0.39 is 6.04 Å². The number of Topliss-reactive ketones (excluding diaryl/α,β-unsaturated/α-hetero) is 1. The monoisotopic (exact) mass is 411 g/mol. The van der Waals surface area contributed by atoms with Crippen molar-refractivity contribution in [3.05, 3.63) is 35.9 Å². The number of nitrogens with two attached hydrogens (primary N) is 1. The normalized spacial score (nSPS) is 33.7. The zero-order valence-electron chi connectivity index (χ0n) is 19.3. The van der Waals surface area contributed by atoms with Gasteiger partial charge < -0.3 is 15.0 Å². The van der Waals surface area contributed by atoms with Gasteiger partial charge in [-0.2, -0.15) is 0 Å². The van der Waals surface area contributed by atoms with Crippen LogP contribution in [0.5, 0.6) is 0 Å². The summed E-state index contributed by atoms with van der Waals surface area (Å²) in [6, 6.07) is 9.54. The molecule has 1 aromatic rings. The lowest BCUT2D eigenvalue weighted by Crippen LogP contribution is -2.65. The van der Waals surface area contributed by atoms with Crippen molar-refractivity contribution in [2.45, 2.75) is 90.3 Å². The predicted molar refractivity (Wildman–Crippen MR) is 121 cm³/mol. The second-order valence-electron chi connectivity index (χ2n) is 11.2. The molecule has 4 fully saturated rings. The maximum atomic E-state index is 13.0. The molecular formula is C25H38BNO3. The molecule has 1 saturated heterocycles. The summed E-state index contributed by atoms with van der Waals surface area (Å²) in [6.07, 6.45) is 4.39. The fourth-order valence-corrected chi connectivity index (χ4v) is 6.39. The number of hydrogen-bond donors (Lipinski definition) is 1. The van der Waals surface area contributed by atoms with Gasteiger partial charge in [0.05, 0.1) is 17.7 Å². The lowest BCUT2D eigenvalue weighted by atomic mass is 9.43. The van der Waals surface area contributed by atoms with Gasteiger partial charge in [0.25, 0.3) is 0 Å². The summed E-state index contributed by atoms with van der Waals surface area (Å²) in [5.74, 6) is 1.91. The molecule has 164 valence electrons. The summed E-state index contributed by atoms with van der Waals surface area (Å²) in [5.41, 5.74) is 7.50. The Morgan fingerprint density at radius 2 is 1.90 bits per heavy atom. The Kier molecular flexibility index (Phi) is 5.93. The van der Waals surface area contributed by atoms with Crippen molar-refractivity contribution >= 4 is 12.9 Å². The molecule has 6 atom stereocenters. The summed E-state index contributed by atoms with van der Waals surface area (Å²) in [5, 5.41) is 0. The zero-order valence-corrected chi connectivity index (χ0v) is 19.3. The first-order chi connectivity index (χ1) is 14.1. The minimum Gasteiger partial charge on any atom is -0.405 e. The van der Waals surface area contributed by atoms with Gasteiger partial charge in [-0.15, -0.1) is 0 Å². The second-order valence-corrected chi connectivity index (χ2v) is 11.2. The lowest BCUT2D eigenvalue weighted by Gasteiger charge is -2.64. The van der Waals surface area contributed by atoms with Crippen LogP contribution in [-0.2, 0) is 20.5 Å². The van der Waals surface area contributed by atoms with Crippen molar-refractivity contribution in [3.63, 3.8) is 0 Å². The maximum Gasteiger partial charge on any atom is 0.461 e. The van der Waals surface area contributed by atoms with Crippen molar-refractivity contribution < 1.29 is 14.1 Å². The summed E-state index contributed by atoms with van der Waals surface area (Å²) in [6.45, 7) is 11.4. The molecule has 1 aliphatic heterocycles. The molecule has 3 saturated carbocycles. The van der Waals surface area contributed by atoms with E-state index in [9.17, 15) is 4.79 Å². The Balaban J connectivity index is 1.44. The first-order valence-corrected chi connectivity index (χ1v) is 11.8. The largest absolute Gasteiger partial charge is 0.461 e. The van der Waals surface area contributed by atoms with E-state index in [1.54, 1.807) is 0 Å². The molecule has 1 heterocycles. The van der Waals surface area contributed by atoms with E-state index in [1.165, 1.54) is 6.42 Å². The third-order valence-electron chi connectivity index (χ3n) is 8.30. The van der Waals surface area contributed by atoms with Crippen LogP contribution in [0.2, 0.25) is 5.82 Å². The first-order valence-electron chi connectivity index (χ1n) is 11.8. The number of carbonyl (C=O) groups excluding carboxylic acids is 1. The highest BCUT2D eigenvalue weighted by atomic mass is 16.7. The van der Waals surface area contributed by atoms with Gasteiger partial charge in [-0.3, -0.25) is 4.79 Å². The highest BCUT2D eigenvalue weighted by molar-refractivity contribution is 6.47. The topological polar surface area (TPSA) is 61.6 Å². The Bertz CT molecular complexity index is 767. The molecule has 0 aromatic heterocycles. The minimum atomic E-state index is -0.479. The predicted octanol–water partition coefficient (Wildman–Crippen LogP) is 4.66. The van der Waals surface area contributed by atoms with Crippen LogP contribution in [0.25, 0.3) is 0 Å². The Hall–Kier alpha value is -1.17. The molecule has 0 radical (unpaired) electrons. The SMILES string of the molecule is CC(C)C[C@H](CC(=O)[C@@H](N)Cc1ccccc1)B1O[C@@H]2C[C@@H]3C[C@@H](C3(C)C)[C@]2(C)O1. The number of ketones is 1. The molecule has 2 N–H and O–H groups in total. The van der Waals surface area contributed by atoms with E-state index in [4.69, 9.17) is 15.0 Å². The summed E-state index contributed by atoms with van der Waals surface area (Å²) >= 11 is 0. The molecule has 3 aliphatic carbocycles. The van der Waals surface area contributed by atoms with Crippen LogP contribution in [0, 0.1) is 23.2 Å². The molecule has 0 amide bonds. The molecule has 2 bridgehead atoms. The fraction of sp³-hybridized carbons (Fsp3) is 0.720. The van der Waals surface area contributed by atoms with Crippen LogP contribution < -0.4 is 5.73 Å². The van der Waals surface area contributed by atoms with Crippen LogP contribution in [0.3, 0.4) is 0 Å². The number of rotatable bonds is 8. The van der Waals surface area contributed by atoms with E-state index in [0.717, 1.165) is 24.3 Å². The maximum absolute atomic E-state index is 13.0. The molecule has 30 heavy (non-hydrogen) atoms. The third-order valence-corrected chi connectivity index (χ3v) is 8.30. The van der Waals surface area contributed by atoms with Crippen molar-refractivity contribution in [1.82, 2.24) is 0 Å². The van der Waals surface area contributed by atoms with Crippen molar-refractivity contribution in [3.8, 4) is 0 Å². The minimum absolute atomic E-state index is 0.0575. The summed E-state index contributed by atoms with van der Waals surface area (Å²) < 4.78 is 13.2. The fourth-order valence-electron chi connectivity index (χ4n) is 6.39. The van der Waals surface area contributed by atoms with Crippen LogP contribution in [0.4, 0.5) is 0 Å². The molecule has 1 aromatic carbocycles. The second kappa shape index (κ2) is 8.07. The average molecular weight is 411 g/mol. The van der Waals surface area contributed by atoms with Gasteiger partial charge >= 0.3 is 7.12 Å². The Morgan fingerprint density at radius 1 is 1.20 bits per heavy atom. The highest BCUT2D eigenvalue weighted by Crippen LogP contribution is 2.66. The lowest BCUT2D eigenvalue weighted by molar-refractivity contribution is -0.199. The average Bonchev–Trinajstić information content (AvgIpc) is 3.04. The van der Waals surface area contributed by atoms with Gasteiger partial charge in [-0.25, -0.2) is 0 Å². The van der Waals surface area contributed by atoms with Crippen LogP contribution in [0.1, 0.15) is 65.9 Å². The van der Waals surface area contributed by atoms with Gasteiger partial charge in [-0.05, 0) is 61.3 Å². The van der Waals surface area contributed by atoms with Gasteiger partial charge in [0.15, 0.2) is 0 Å². The van der Waals surface area contributed by atoms with Gasteiger partial charge in [0, 0.05) is 12.2 Å². The van der Waals surface area contributed by atoms with Gasteiger partial charge in [0.1, 0.15) is 5.78 Å². The van der Waals surface area contributed by atoms with E-state index in [-0.39, 0.29) is 30.4 Å². The van der Waals surface area contributed by atoms with Crippen molar-refractivity contribution in [1.29, 1.82) is 0 Å². The number of benzene rings is 1. The number of hydrogen-bond acceptors (Lipinski definition) is 4. The standard InChI is InChI=1S/C25H38BNO3/c1-16(2)11-19(15-21(28)20(27)12-17-9-7-6-8-10-17)26-29-23-14-18-13-22(24(18,3)4)25(23,5)30-26/h6-10,16,18-20,22-23H,11-15,27H2,1-5H3/t18-,19+,20-,22-,23+,25-/m0/s1. The quantitative estimate of drug-likeness (QED) is 0.632. The van der Waals surface area contributed by atoms with Crippen LogP contribution >= 0.6 is 0 Å². The highest BCUT2D eigenvalue weighted by Gasteiger charge is 2.68. The smallest absolute Gasteiger partial charge is 0.405 e. The van der Waals surface area contributed by atoms with Gasteiger partial charge in [-0.1, -0.05) is 58.0 Å². The Labute approximate surface area is 182 Å². The van der Waals surface area contributed by atoms with E-state index in [2.05, 4.69) is 34.6 Å². The summed E-state index contributed by atoms with van der Waals surface area (Å²) in [4.78, 5) is 13.0. The van der Waals surface area contributed by atoms with Crippen LogP contribution in [-0.4, -0.2) is 30.6 Å². The van der Waals surface area contributed by atoms with E-state index >= 15 is 0 Å². The third kappa shape index (κ3) is 3.89. The van der Waals surface area contributed by atoms with Crippen molar-refractivity contribution in [2.75, 3.05) is 0 Å². The van der Waals surface area contributed by atoms with Crippen LogP contribution in [0.15, 0.2) is 30.3 Å².